The topological polar surface area (TPSA) is 50.5 Å². The third-order valence-corrected chi connectivity index (χ3v) is 7.79. The Kier molecular flexibility index (Phi) is 5.60. The van der Waals surface area contributed by atoms with E-state index in [1.165, 1.54) is 30.6 Å². The van der Waals surface area contributed by atoms with Gasteiger partial charge in [-0.05, 0) is 43.0 Å². The monoisotopic (exact) mass is 453 g/mol. The highest BCUT2D eigenvalue weighted by Gasteiger charge is 2.49. The van der Waals surface area contributed by atoms with E-state index in [4.69, 9.17) is 9.26 Å². The molecule has 5 nitrogen and oxygen atoms in total. The summed E-state index contributed by atoms with van der Waals surface area (Å²) in [5, 5.41) is 9.16. The zero-order valence-corrected chi connectivity index (χ0v) is 19.8. The molecule has 3 aromatic carbocycles. The predicted molar refractivity (Wildman–Crippen MR) is 134 cm³/mol. The van der Waals surface area contributed by atoms with E-state index in [1.54, 1.807) is 7.11 Å². The first-order valence-electron chi connectivity index (χ1n) is 12.2. The molecule has 0 amide bonds. The van der Waals surface area contributed by atoms with Gasteiger partial charge in [-0.2, -0.15) is 0 Å². The number of methoxy groups -OCH3 is 1. The van der Waals surface area contributed by atoms with Crippen LogP contribution in [0.25, 0.3) is 11.0 Å². The smallest absolute Gasteiger partial charge is 0.170 e. The maximum Gasteiger partial charge on any atom is 0.170 e. The van der Waals surface area contributed by atoms with Gasteiger partial charge in [0.05, 0.1) is 12.8 Å². The Balaban J connectivity index is 1.34. The largest absolute Gasteiger partial charge is 0.496 e. The lowest BCUT2D eigenvalue weighted by molar-refractivity contribution is 0.197. The zero-order valence-electron chi connectivity index (χ0n) is 19.8. The number of ether oxygens (including phenoxy) is 1. The average Bonchev–Trinajstić information content (AvgIpc) is 3.59. The molecule has 2 aliphatic rings. The molecule has 2 aliphatic heterocycles. The van der Waals surface area contributed by atoms with Crippen LogP contribution in [-0.4, -0.2) is 42.3 Å². The summed E-state index contributed by atoms with van der Waals surface area (Å²) < 4.78 is 11.2. The molecule has 2 fully saturated rings. The van der Waals surface area contributed by atoms with Gasteiger partial charge in [0.15, 0.2) is 5.58 Å². The molecule has 1 aromatic heterocycles. The van der Waals surface area contributed by atoms with Crippen LogP contribution in [-0.2, 0) is 6.54 Å². The van der Waals surface area contributed by atoms with Crippen molar-refractivity contribution in [3.63, 3.8) is 0 Å². The van der Waals surface area contributed by atoms with Crippen molar-refractivity contribution in [2.45, 2.75) is 37.9 Å². The molecule has 4 aromatic rings. The molecule has 2 bridgehead atoms. The molecule has 34 heavy (non-hydrogen) atoms. The molecule has 0 radical (unpaired) electrons. The average molecular weight is 454 g/mol. The summed E-state index contributed by atoms with van der Waals surface area (Å²) in [5.74, 6) is 1.83. The van der Waals surface area contributed by atoms with Gasteiger partial charge in [0.25, 0.3) is 0 Å². The Morgan fingerprint density at radius 1 is 1.06 bits per heavy atom. The van der Waals surface area contributed by atoms with E-state index >= 15 is 0 Å². The number of piperidine rings is 1. The van der Waals surface area contributed by atoms with E-state index in [2.05, 4.69) is 82.1 Å². The second-order valence-electron chi connectivity index (χ2n) is 9.67. The molecule has 2 saturated heterocycles. The summed E-state index contributed by atoms with van der Waals surface area (Å²) in [5.41, 5.74) is 5.61. The molecule has 1 N–H and O–H groups in total. The van der Waals surface area contributed by atoms with Gasteiger partial charge in [-0.3, -0.25) is 4.90 Å². The summed E-state index contributed by atoms with van der Waals surface area (Å²) in [6.07, 6.45) is 1.26. The van der Waals surface area contributed by atoms with Crippen molar-refractivity contribution in [3.05, 3.63) is 95.2 Å². The zero-order chi connectivity index (χ0) is 23.1. The van der Waals surface area contributed by atoms with Gasteiger partial charge in [0, 0.05) is 48.1 Å². The minimum absolute atomic E-state index is 0.329. The molecule has 4 atom stereocenters. The third-order valence-electron chi connectivity index (χ3n) is 7.79. The molecule has 174 valence electrons. The second kappa shape index (κ2) is 8.90. The highest BCUT2D eigenvalue weighted by Crippen LogP contribution is 2.43. The summed E-state index contributed by atoms with van der Waals surface area (Å²) in [7, 11) is 1.72. The van der Waals surface area contributed by atoms with E-state index in [9.17, 15) is 0 Å². The van der Waals surface area contributed by atoms with E-state index in [0.717, 1.165) is 34.5 Å². The molecular weight excluding hydrogens is 422 g/mol. The first-order valence-corrected chi connectivity index (χ1v) is 12.2. The summed E-state index contributed by atoms with van der Waals surface area (Å²) in [4.78, 5) is 2.71. The van der Waals surface area contributed by atoms with Crippen LogP contribution in [0.5, 0.6) is 5.75 Å². The Hall–Kier alpha value is -3.15. The highest BCUT2D eigenvalue weighted by molar-refractivity contribution is 5.82. The number of benzene rings is 3. The van der Waals surface area contributed by atoms with Gasteiger partial charge in [-0.1, -0.05) is 65.8 Å². The lowest BCUT2D eigenvalue weighted by Crippen LogP contribution is -2.50. The number of aryl methyl sites for hydroxylation is 1. The molecule has 6 rings (SSSR count). The fourth-order valence-electron chi connectivity index (χ4n) is 6.19. The summed E-state index contributed by atoms with van der Waals surface area (Å²) >= 11 is 0. The molecule has 0 saturated carbocycles. The van der Waals surface area contributed by atoms with Gasteiger partial charge in [0.1, 0.15) is 5.75 Å². The van der Waals surface area contributed by atoms with Crippen molar-refractivity contribution >= 4 is 11.0 Å². The molecule has 0 aliphatic carbocycles. The van der Waals surface area contributed by atoms with Crippen molar-refractivity contribution in [2.24, 2.45) is 5.92 Å². The fraction of sp³-hybridized carbons (Fsp3) is 0.345. The first-order chi connectivity index (χ1) is 16.7. The first kappa shape index (κ1) is 21.4. The fourth-order valence-corrected chi connectivity index (χ4v) is 6.19. The standard InChI is InChI=1S/C29H31N3O2/c1-19-24-15-23(25(33-2)16-26(24)34-31-19)17-30-28-22-13-14-32(18-22)29(28)27(20-9-5-3-6-10-20)21-11-7-4-8-12-21/h3-12,15-16,22,27-30H,13-14,17-18H2,1-2H3. The minimum atomic E-state index is 0.329. The van der Waals surface area contributed by atoms with Gasteiger partial charge >= 0.3 is 0 Å². The van der Waals surface area contributed by atoms with E-state index in [1.807, 2.05) is 13.0 Å². The molecule has 4 unspecified atom stereocenters. The lowest BCUT2D eigenvalue weighted by atomic mass is 9.78. The number of hydrogen-bond donors (Lipinski definition) is 1. The Labute approximate surface area is 200 Å². The van der Waals surface area contributed by atoms with Gasteiger partial charge in [0.2, 0.25) is 0 Å². The van der Waals surface area contributed by atoms with E-state index < -0.39 is 0 Å². The highest BCUT2D eigenvalue weighted by atomic mass is 16.5. The lowest BCUT2D eigenvalue weighted by Gasteiger charge is -2.39. The molecule has 5 heteroatoms. The van der Waals surface area contributed by atoms with Crippen LogP contribution in [0.3, 0.4) is 0 Å². The Morgan fingerprint density at radius 3 is 2.44 bits per heavy atom. The van der Waals surface area contributed by atoms with Crippen molar-refractivity contribution in [3.8, 4) is 5.75 Å². The minimum Gasteiger partial charge on any atom is -0.496 e. The number of nitrogens with one attached hydrogen (secondary N) is 1. The van der Waals surface area contributed by atoms with Crippen LogP contribution < -0.4 is 10.1 Å². The van der Waals surface area contributed by atoms with Crippen molar-refractivity contribution in [1.29, 1.82) is 0 Å². The summed E-state index contributed by atoms with van der Waals surface area (Å²) in [6, 6.07) is 27.0. The number of aromatic nitrogens is 1. The summed E-state index contributed by atoms with van der Waals surface area (Å²) in [6.45, 7) is 5.09. The number of rotatable bonds is 7. The predicted octanol–water partition coefficient (Wildman–Crippen LogP) is 5.14. The number of nitrogens with zero attached hydrogens (tertiary/aromatic N) is 2. The molecular formula is C29H31N3O2. The van der Waals surface area contributed by atoms with Crippen molar-refractivity contribution in [1.82, 2.24) is 15.4 Å². The maximum absolute atomic E-state index is 5.71. The van der Waals surface area contributed by atoms with Crippen LogP contribution in [0.15, 0.2) is 77.3 Å². The second-order valence-corrected chi connectivity index (χ2v) is 9.67. The number of fused-ring (bicyclic) bond motifs is 3. The van der Waals surface area contributed by atoms with Crippen molar-refractivity contribution in [2.75, 3.05) is 20.2 Å². The Bertz CT molecular complexity index is 1230. The van der Waals surface area contributed by atoms with E-state index in [0.29, 0.717) is 23.9 Å². The van der Waals surface area contributed by atoms with Gasteiger partial charge in [-0.15, -0.1) is 0 Å². The van der Waals surface area contributed by atoms with Crippen LogP contribution in [0.2, 0.25) is 0 Å². The van der Waals surface area contributed by atoms with Crippen LogP contribution in [0.4, 0.5) is 0 Å². The normalized spacial score (nSPS) is 23.7. The quantitative estimate of drug-likeness (QED) is 0.420. The van der Waals surface area contributed by atoms with Crippen LogP contribution in [0, 0.1) is 12.8 Å². The van der Waals surface area contributed by atoms with Crippen LogP contribution >= 0.6 is 0 Å². The molecule has 0 spiro atoms. The van der Waals surface area contributed by atoms with Crippen molar-refractivity contribution < 1.29 is 9.26 Å². The van der Waals surface area contributed by atoms with Gasteiger partial charge < -0.3 is 14.6 Å². The maximum atomic E-state index is 5.71. The van der Waals surface area contributed by atoms with Gasteiger partial charge in [-0.25, -0.2) is 0 Å². The van der Waals surface area contributed by atoms with E-state index in [-0.39, 0.29) is 0 Å². The number of hydrogen-bond acceptors (Lipinski definition) is 5. The Morgan fingerprint density at radius 2 is 1.76 bits per heavy atom. The van der Waals surface area contributed by atoms with Crippen LogP contribution in [0.1, 0.15) is 34.7 Å². The third kappa shape index (κ3) is 3.69. The molecule has 3 heterocycles. The SMILES string of the molecule is COc1cc2onc(C)c2cc1CNC1C2CCN(C2)C1C(c1ccccc1)c1ccccc1.